The van der Waals surface area contributed by atoms with Crippen LogP contribution in [0.2, 0.25) is 0 Å². The molecule has 25 heavy (non-hydrogen) atoms. The van der Waals surface area contributed by atoms with E-state index in [1.165, 1.54) is 32.1 Å². The first-order valence-corrected chi connectivity index (χ1v) is 9.56. The van der Waals surface area contributed by atoms with Gasteiger partial charge in [-0.15, -0.1) is 24.8 Å². The number of carbonyl (C=O) groups excluding carboxylic acids is 1. The molecule has 0 aromatic rings. The van der Waals surface area contributed by atoms with Gasteiger partial charge in [0.2, 0.25) is 5.91 Å². The van der Waals surface area contributed by atoms with E-state index in [2.05, 4.69) is 15.1 Å². The minimum atomic E-state index is 0. The number of hydrogen-bond donors (Lipinski definition) is 1. The average molecular weight is 394 g/mol. The summed E-state index contributed by atoms with van der Waals surface area (Å²) in [6.45, 7) is 5.16. The minimum absolute atomic E-state index is 0. The van der Waals surface area contributed by atoms with Gasteiger partial charge in [0.1, 0.15) is 0 Å². The molecule has 1 unspecified atom stereocenters. The second kappa shape index (κ2) is 9.23. The van der Waals surface area contributed by atoms with Crippen molar-refractivity contribution in [1.29, 1.82) is 0 Å². The fourth-order valence-electron chi connectivity index (χ4n) is 5.58. The van der Waals surface area contributed by atoms with Crippen LogP contribution in [-0.4, -0.2) is 73.7 Å². The third kappa shape index (κ3) is 4.11. The van der Waals surface area contributed by atoms with E-state index in [1.54, 1.807) is 0 Å². The zero-order valence-corrected chi connectivity index (χ0v) is 16.8. The lowest BCUT2D eigenvalue weighted by Gasteiger charge is -2.41. The van der Waals surface area contributed by atoms with Crippen molar-refractivity contribution < 1.29 is 9.53 Å². The third-order valence-electron chi connectivity index (χ3n) is 6.69. The minimum Gasteiger partial charge on any atom is -0.381 e. The van der Waals surface area contributed by atoms with E-state index in [4.69, 9.17) is 4.74 Å². The standard InChI is InChI=1S/C18H31N3O2.2ClH/c1-23-17-13-4-5-14(17)12-20(11-13)18(22)16-3-2-10-21(16)15-6-8-19-9-7-15;;/h13-17,19H,2-12H2,1H3;2*1H/t13-,14+,16-,17?;;/m0../s1. The number of likely N-dealkylation sites (tertiary alicyclic amines) is 2. The topological polar surface area (TPSA) is 44.8 Å². The van der Waals surface area contributed by atoms with Gasteiger partial charge in [-0.1, -0.05) is 0 Å². The molecule has 1 saturated carbocycles. The van der Waals surface area contributed by atoms with Crippen molar-refractivity contribution in [3.05, 3.63) is 0 Å². The van der Waals surface area contributed by atoms with Crippen LogP contribution in [-0.2, 0) is 9.53 Å². The van der Waals surface area contributed by atoms with Gasteiger partial charge < -0.3 is 15.0 Å². The Balaban J connectivity index is 0.00000113. The number of hydrogen-bond acceptors (Lipinski definition) is 4. The molecule has 4 rings (SSSR count). The number of ether oxygens (including phenoxy) is 1. The average Bonchev–Trinajstić information content (AvgIpc) is 3.17. The van der Waals surface area contributed by atoms with Crippen LogP contribution in [0.15, 0.2) is 0 Å². The van der Waals surface area contributed by atoms with Crippen LogP contribution in [0.4, 0.5) is 0 Å². The van der Waals surface area contributed by atoms with Crippen LogP contribution in [0.25, 0.3) is 0 Å². The maximum atomic E-state index is 13.2. The summed E-state index contributed by atoms with van der Waals surface area (Å²) >= 11 is 0. The number of nitrogens with one attached hydrogen (secondary N) is 1. The largest absolute Gasteiger partial charge is 0.381 e. The summed E-state index contributed by atoms with van der Waals surface area (Å²) in [7, 11) is 1.84. The molecule has 5 nitrogen and oxygen atoms in total. The Morgan fingerprint density at radius 3 is 2.24 bits per heavy atom. The number of fused-ring (bicyclic) bond motifs is 2. The lowest BCUT2D eigenvalue weighted by atomic mass is 9.94. The molecule has 3 aliphatic heterocycles. The Morgan fingerprint density at radius 1 is 1.00 bits per heavy atom. The second-order valence-electron chi connectivity index (χ2n) is 7.92. The summed E-state index contributed by atoms with van der Waals surface area (Å²) in [5.74, 6) is 1.54. The molecular weight excluding hydrogens is 361 g/mol. The molecule has 1 amide bonds. The van der Waals surface area contributed by atoms with Crippen molar-refractivity contribution in [3.8, 4) is 0 Å². The second-order valence-corrected chi connectivity index (χ2v) is 7.92. The number of nitrogens with zero attached hydrogens (tertiary/aromatic N) is 2. The van der Waals surface area contributed by atoms with E-state index in [0.29, 0.717) is 29.9 Å². The number of halogens is 2. The van der Waals surface area contributed by atoms with E-state index in [-0.39, 0.29) is 30.9 Å². The van der Waals surface area contributed by atoms with Crippen LogP contribution in [0, 0.1) is 11.8 Å². The highest BCUT2D eigenvalue weighted by atomic mass is 35.5. The normalized spacial score (nSPS) is 36.0. The van der Waals surface area contributed by atoms with Gasteiger partial charge in [-0.3, -0.25) is 9.69 Å². The number of amides is 1. The monoisotopic (exact) mass is 393 g/mol. The SMILES string of the molecule is COC1[C@@H]2CC[C@H]1CN(C(=O)[C@@H]1CCCN1C1CCNCC1)C2.Cl.Cl. The lowest BCUT2D eigenvalue weighted by Crippen LogP contribution is -2.55. The first-order chi connectivity index (χ1) is 11.3. The highest BCUT2D eigenvalue weighted by molar-refractivity contribution is 5.85. The highest BCUT2D eigenvalue weighted by Crippen LogP contribution is 2.39. The van der Waals surface area contributed by atoms with Crippen molar-refractivity contribution in [1.82, 2.24) is 15.1 Å². The van der Waals surface area contributed by atoms with Gasteiger partial charge in [0, 0.05) is 38.1 Å². The number of rotatable bonds is 3. The smallest absolute Gasteiger partial charge is 0.239 e. The Kier molecular flexibility index (Phi) is 7.84. The summed E-state index contributed by atoms with van der Waals surface area (Å²) in [4.78, 5) is 17.9. The molecule has 1 N–H and O–H groups in total. The number of piperidine rings is 2. The first-order valence-electron chi connectivity index (χ1n) is 9.56. The van der Waals surface area contributed by atoms with Gasteiger partial charge in [-0.25, -0.2) is 0 Å². The lowest BCUT2D eigenvalue weighted by molar-refractivity contribution is -0.142. The van der Waals surface area contributed by atoms with Gasteiger partial charge in [-0.2, -0.15) is 0 Å². The van der Waals surface area contributed by atoms with Gasteiger partial charge in [0.25, 0.3) is 0 Å². The molecule has 146 valence electrons. The fraction of sp³-hybridized carbons (Fsp3) is 0.944. The Morgan fingerprint density at radius 2 is 1.64 bits per heavy atom. The van der Waals surface area contributed by atoms with Gasteiger partial charge in [0.15, 0.2) is 0 Å². The number of methoxy groups -OCH3 is 1. The molecule has 0 aromatic carbocycles. The predicted molar refractivity (Wildman–Crippen MR) is 104 cm³/mol. The molecule has 4 fully saturated rings. The Labute approximate surface area is 164 Å². The maximum absolute atomic E-state index is 13.2. The van der Waals surface area contributed by atoms with E-state index in [0.717, 1.165) is 39.1 Å². The molecule has 3 heterocycles. The van der Waals surface area contributed by atoms with Gasteiger partial charge >= 0.3 is 0 Å². The van der Waals surface area contributed by atoms with Gasteiger partial charge in [-0.05, 0) is 58.2 Å². The predicted octanol–water partition coefficient (Wildman–Crippen LogP) is 1.93. The van der Waals surface area contributed by atoms with Crippen molar-refractivity contribution >= 4 is 30.7 Å². The highest BCUT2D eigenvalue weighted by Gasteiger charge is 2.46. The van der Waals surface area contributed by atoms with Crippen LogP contribution in [0.1, 0.15) is 38.5 Å². The number of carbonyl (C=O) groups is 1. The molecule has 0 radical (unpaired) electrons. The molecule has 3 saturated heterocycles. The summed E-state index contributed by atoms with van der Waals surface area (Å²) < 4.78 is 5.69. The zero-order valence-electron chi connectivity index (χ0n) is 15.2. The van der Waals surface area contributed by atoms with Crippen molar-refractivity contribution in [3.63, 3.8) is 0 Å². The summed E-state index contributed by atoms with van der Waals surface area (Å²) in [5.41, 5.74) is 0. The van der Waals surface area contributed by atoms with Crippen LogP contribution in [0.5, 0.6) is 0 Å². The molecule has 0 aromatic heterocycles. The fourth-order valence-corrected chi connectivity index (χ4v) is 5.58. The van der Waals surface area contributed by atoms with Crippen molar-refractivity contribution in [2.24, 2.45) is 11.8 Å². The van der Waals surface area contributed by atoms with Gasteiger partial charge in [0.05, 0.1) is 12.1 Å². The van der Waals surface area contributed by atoms with Crippen LogP contribution < -0.4 is 5.32 Å². The van der Waals surface area contributed by atoms with E-state index in [9.17, 15) is 4.79 Å². The Bertz CT molecular complexity index is 434. The molecule has 1 aliphatic carbocycles. The summed E-state index contributed by atoms with van der Waals surface area (Å²) in [5, 5.41) is 3.44. The Hall–Kier alpha value is -0.0700. The molecule has 4 aliphatic rings. The maximum Gasteiger partial charge on any atom is 0.239 e. The molecule has 2 bridgehead atoms. The van der Waals surface area contributed by atoms with Crippen LogP contribution in [0.3, 0.4) is 0 Å². The summed E-state index contributed by atoms with van der Waals surface area (Å²) in [6, 6.07) is 0.762. The molecular formula is C18H33Cl2N3O2. The zero-order chi connectivity index (χ0) is 15.8. The quantitative estimate of drug-likeness (QED) is 0.795. The van der Waals surface area contributed by atoms with E-state index in [1.807, 2.05) is 7.11 Å². The molecule has 7 heteroatoms. The molecule has 0 spiro atoms. The third-order valence-corrected chi connectivity index (χ3v) is 6.69. The van der Waals surface area contributed by atoms with Crippen LogP contribution >= 0.6 is 24.8 Å². The molecule has 4 atom stereocenters. The van der Waals surface area contributed by atoms with Crippen molar-refractivity contribution in [2.45, 2.75) is 56.7 Å². The van der Waals surface area contributed by atoms with Crippen molar-refractivity contribution in [2.75, 3.05) is 39.8 Å². The summed E-state index contributed by atoms with van der Waals surface area (Å²) in [6.07, 6.45) is 7.49. The van der Waals surface area contributed by atoms with E-state index >= 15 is 0 Å². The van der Waals surface area contributed by atoms with E-state index < -0.39 is 0 Å². The first kappa shape index (κ1) is 21.2.